The molecule has 0 aliphatic rings. The lowest BCUT2D eigenvalue weighted by atomic mass is 9.98. The highest BCUT2D eigenvalue weighted by Gasteiger charge is 2.19. The van der Waals surface area contributed by atoms with Crippen molar-refractivity contribution >= 4 is 11.6 Å². The molecule has 0 bridgehead atoms. The van der Waals surface area contributed by atoms with Gasteiger partial charge in [-0.3, -0.25) is 0 Å². The van der Waals surface area contributed by atoms with Gasteiger partial charge in [0.15, 0.2) is 0 Å². The Morgan fingerprint density at radius 1 is 1.24 bits per heavy atom. The normalized spacial score (nSPS) is 12.6. The third kappa shape index (κ3) is 2.38. The fourth-order valence-corrected chi connectivity index (χ4v) is 2.33. The minimum Gasteiger partial charge on any atom is -0.469 e. The molecule has 1 unspecified atom stereocenters. The second kappa shape index (κ2) is 5.39. The average molecular weight is 250 g/mol. The van der Waals surface area contributed by atoms with E-state index < -0.39 is 0 Å². The van der Waals surface area contributed by atoms with Gasteiger partial charge in [-0.25, -0.2) is 0 Å². The van der Waals surface area contributed by atoms with E-state index in [-0.39, 0.29) is 6.04 Å². The van der Waals surface area contributed by atoms with Gasteiger partial charge in [0.1, 0.15) is 5.76 Å². The van der Waals surface area contributed by atoms with Gasteiger partial charge in [-0.05, 0) is 24.7 Å². The van der Waals surface area contributed by atoms with Crippen LogP contribution in [0.5, 0.6) is 0 Å². The van der Waals surface area contributed by atoms with Crippen molar-refractivity contribution in [2.75, 3.05) is 7.05 Å². The molecule has 2 nitrogen and oxygen atoms in total. The molecule has 2 aromatic rings. The number of nitrogens with one attached hydrogen (secondary N) is 1. The lowest BCUT2D eigenvalue weighted by Crippen LogP contribution is -2.18. The van der Waals surface area contributed by atoms with Crippen molar-refractivity contribution in [2.24, 2.45) is 0 Å². The van der Waals surface area contributed by atoms with Gasteiger partial charge < -0.3 is 9.73 Å². The van der Waals surface area contributed by atoms with E-state index >= 15 is 0 Å². The summed E-state index contributed by atoms with van der Waals surface area (Å²) >= 11 is 6.24. The molecule has 0 spiro atoms. The smallest absolute Gasteiger partial charge is 0.108 e. The highest BCUT2D eigenvalue weighted by Crippen LogP contribution is 2.30. The highest BCUT2D eigenvalue weighted by molar-refractivity contribution is 6.31. The Kier molecular flexibility index (Phi) is 3.87. The van der Waals surface area contributed by atoms with Gasteiger partial charge in [0.25, 0.3) is 0 Å². The Morgan fingerprint density at radius 3 is 2.65 bits per heavy atom. The van der Waals surface area contributed by atoms with E-state index in [1.54, 1.807) is 6.26 Å². The van der Waals surface area contributed by atoms with Crippen molar-refractivity contribution in [3.8, 4) is 0 Å². The number of hydrogen-bond donors (Lipinski definition) is 1. The molecule has 1 aromatic carbocycles. The van der Waals surface area contributed by atoms with Crippen LogP contribution in [0.1, 0.15) is 29.9 Å². The van der Waals surface area contributed by atoms with Gasteiger partial charge in [-0.15, -0.1) is 0 Å². The van der Waals surface area contributed by atoms with Crippen LogP contribution in [0.15, 0.2) is 41.0 Å². The lowest BCUT2D eigenvalue weighted by molar-refractivity contribution is 0.505. The van der Waals surface area contributed by atoms with Crippen LogP contribution < -0.4 is 5.32 Å². The van der Waals surface area contributed by atoms with Crippen LogP contribution in [-0.4, -0.2) is 7.05 Å². The quantitative estimate of drug-likeness (QED) is 0.892. The topological polar surface area (TPSA) is 25.2 Å². The van der Waals surface area contributed by atoms with E-state index in [2.05, 4.69) is 12.2 Å². The molecule has 0 amide bonds. The SMILES string of the molecule is CCc1occc1C(NC)c1ccccc1Cl. The van der Waals surface area contributed by atoms with Gasteiger partial charge in [0.05, 0.1) is 12.3 Å². The minimum atomic E-state index is 0.0809. The third-order valence-corrected chi connectivity index (χ3v) is 3.26. The number of halogens is 1. The van der Waals surface area contributed by atoms with Crippen molar-refractivity contribution in [3.05, 3.63) is 58.5 Å². The van der Waals surface area contributed by atoms with E-state index in [9.17, 15) is 0 Å². The highest BCUT2D eigenvalue weighted by atomic mass is 35.5. The predicted octanol–water partition coefficient (Wildman–Crippen LogP) is 3.80. The summed E-state index contributed by atoms with van der Waals surface area (Å²) < 4.78 is 5.47. The van der Waals surface area contributed by atoms with Crippen LogP contribution in [0.25, 0.3) is 0 Å². The summed E-state index contributed by atoms with van der Waals surface area (Å²) in [5.41, 5.74) is 2.23. The summed E-state index contributed by atoms with van der Waals surface area (Å²) in [6.07, 6.45) is 2.61. The molecule has 0 radical (unpaired) electrons. The second-order valence-corrected chi connectivity index (χ2v) is 4.30. The van der Waals surface area contributed by atoms with Gasteiger partial charge >= 0.3 is 0 Å². The van der Waals surface area contributed by atoms with Crippen LogP contribution in [0.2, 0.25) is 5.02 Å². The molecule has 1 atom stereocenters. The molecule has 0 aliphatic carbocycles. The number of benzene rings is 1. The van der Waals surface area contributed by atoms with Crippen LogP contribution in [0, 0.1) is 0 Å². The molecule has 17 heavy (non-hydrogen) atoms. The molecular weight excluding hydrogens is 234 g/mol. The summed E-state index contributed by atoms with van der Waals surface area (Å²) in [6.45, 7) is 2.08. The molecule has 90 valence electrons. The Labute approximate surface area is 107 Å². The maximum atomic E-state index is 6.24. The fourth-order valence-electron chi connectivity index (χ4n) is 2.08. The number of rotatable bonds is 4. The largest absolute Gasteiger partial charge is 0.469 e. The molecular formula is C14H16ClNO. The molecule has 0 saturated heterocycles. The molecule has 2 rings (SSSR count). The maximum absolute atomic E-state index is 6.24. The number of furan rings is 1. The Bertz CT molecular complexity index is 492. The summed E-state index contributed by atoms with van der Waals surface area (Å²) in [7, 11) is 1.93. The van der Waals surface area contributed by atoms with E-state index in [1.807, 2.05) is 37.4 Å². The average Bonchev–Trinajstić information content (AvgIpc) is 2.81. The number of hydrogen-bond acceptors (Lipinski definition) is 2. The zero-order chi connectivity index (χ0) is 12.3. The zero-order valence-electron chi connectivity index (χ0n) is 10.0. The van der Waals surface area contributed by atoms with Crippen LogP contribution in [-0.2, 0) is 6.42 Å². The summed E-state index contributed by atoms with van der Waals surface area (Å²) in [5.74, 6) is 1.00. The molecule has 3 heteroatoms. The first-order chi connectivity index (χ1) is 8.27. The standard InChI is InChI=1S/C14H16ClNO/c1-3-13-11(8-9-17-13)14(16-2)10-6-4-5-7-12(10)15/h4-9,14,16H,3H2,1-2H3. The molecule has 1 aromatic heterocycles. The third-order valence-electron chi connectivity index (χ3n) is 2.92. The van der Waals surface area contributed by atoms with Crippen molar-refractivity contribution in [1.29, 1.82) is 0 Å². The first-order valence-electron chi connectivity index (χ1n) is 5.75. The number of aryl methyl sites for hydroxylation is 1. The maximum Gasteiger partial charge on any atom is 0.108 e. The molecule has 1 N–H and O–H groups in total. The Morgan fingerprint density at radius 2 is 2.00 bits per heavy atom. The van der Waals surface area contributed by atoms with E-state index in [1.165, 1.54) is 0 Å². The first kappa shape index (κ1) is 12.2. The van der Waals surface area contributed by atoms with Crippen LogP contribution >= 0.6 is 11.6 Å². The van der Waals surface area contributed by atoms with Gasteiger partial charge in [0, 0.05) is 17.0 Å². The lowest BCUT2D eigenvalue weighted by Gasteiger charge is -2.17. The van der Waals surface area contributed by atoms with E-state index in [4.69, 9.17) is 16.0 Å². The zero-order valence-corrected chi connectivity index (χ0v) is 10.8. The molecule has 0 fully saturated rings. The Hall–Kier alpha value is -1.25. The Balaban J connectivity index is 2.44. The van der Waals surface area contributed by atoms with Crippen LogP contribution in [0.3, 0.4) is 0 Å². The van der Waals surface area contributed by atoms with E-state index in [0.717, 1.165) is 28.3 Å². The summed E-state index contributed by atoms with van der Waals surface area (Å²) in [4.78, 5) is 0. The van der Waals surface area contributed by atoms with Crippen molar-refractivity contribution in [1.82, 2.24) is 5.32 Å². The van der Waals surface area contributed by atoms with Gasteiger partial charge in [-0.2, -0.15) is 0 Å². The fraction of sp³-hybridized carbons (Fsp3) is 0.286. The molecule has 0 saturated carbocycles. The first-order valence-corrected chi connectivity index (χ1v) is 6.13. The minimum absolute atomic E-state index is 0.0809. The van der Waals surface area contributed by atoms with Crippen molar-refractivity contribution in [2.45, 2.75) is 19.4 Å². The molecule has 0 aliphatic heterocycles. The summed E-state index contributed by atoms with van der Waals surface area (Å²) in [5, 5.41) is 4.07. The van der Waals surface area contributed by atoms with Crippen molar-refractivity contribution in [3.63, 3.8) is 0 Å². The van der Waals surface area contributed by atoms with Crippen LogP contribution in [0.4, 0.5) is 0 Å². The second-order valence-electron chi connectivity index (χ2n) is 3.90. The predicted molar refractivity (Wildman–Crippen MR) is 70.4 cm³/mol. The van der Waals surface area contributed by atoms with Crippen molar-refractivity contribution < 1.29 is 4.42 Å². The van der Waals surface area contributed by atoms with Gasteiger partial charge in [-0.1, -0.05) is 36.7 Å². The summed E-state index contributed by atoms with van der Waals surface area (Å²) in [6, 6.07) is 9.97. The van der Waals surface area contributed by atoms with E-state index in [0.29, 0.717) is 0 Å². The monoisotopic (exact) mass is 249 g/mol. The molecule has 1 heterocycles. The van der Waals surface area contributed by atoms with Gasteiger partial charge in [0.2, 0.25) is 0 Å².